The number of aliphatic hydroxyl groups excluding tert-OH is 1. The van der Waals surface area contributed by atoms with Crippen molar-refractivity contribution in [3.05, 3.63) is 67.8 Å². The first-order valence-corrected chi connectivity index (χ1v) is 14.0. The normalized spacial score (nSPS) is 29.3. The molecule has 2 aromatic rings. The average Bonchev–Trinajstić information content (AvgIpc) is 3.53. The van der Waals surface area contributed by atoms with Crippen LogP contribution < -0.4 is 4.90 Å². The van der Waals surface area contributed by atoms with Crippen LogP contribution in [0.3, 0.4) is 0 Å². The molecule has 0 aromatic heterocycles. The van der Waals surface area contributed by atoms with E-state index < -0.39 is 41.1 Å². The molecular weight excluding hydrogens is 508 g/mol. The van der Waals surface area contributed by atoms with Gasteiger partial charge in [-0.1, -0.05) is 42.5 Å². The fourth-order valence-corrected chi connectivity index (χ4v) is 7.00. The van der Waals surface area contributed by atoms with Gasteiger partial charge in [-0.15, -0.1) is 13.2 Å². The standard InChI is InChI=1S/C32H38N2O6/c1-5-7-10-18-39-30(38)26-25-28(36)34(21(3)20-35)27(32(25)16-15-31(26,4)40-32)29(37)33(17-6-2)24-14-13-22-11-8-9-12-23(22)19-24/h5-6,8-9,11-14,19,21,25-27,35H,1-2,7,10,15-18,20H2,3-4H3/t21-,25+,26+,27?,31-,32?/m1/s1. The van der Waals surface area contributed by atoms with Crippen molar-refractivity contribution in [3.8, 4) is 0 Å². The number of rotatable bonds is 11. The summed E-state index contributed by atoms with van der Waals surface area (Å²) < 4.78 is 12.3. The van der Waals surface area contributed by atoms with Crippen LogP contribution in [0.15, 0.2) is 67.8 Å². The van der Waals surface area contributed by atoms with Crippen LogP contribution in [0.4, 0.5) is 5.69 Å². The lowest BCUT2D eigenvalue weighted by Gasteiger charge is -2.38. The molecule has 40 heavy (non-hydrogen) atoms. The van der Waals surface area contributed by atoms with Crippen molar-refractivity contribution in [2.24, 2.45) is 11.8 Å². The molecule has 5 rings (SSSR count). The van der Waals surface area contributed by atoms with Crippen LogP contribution in [-0.4, -0.2) is 70.8 Å². The second-order valence-electron chi connectivity index (χ2n) is 11.4. The summed E-state index contributed by atoms with van der Waals surface area (Å²) in [5, 5.41) is 12.2. The molecule has 212 valence electrons. The van der Waals surface area contributed by atoms with Gasteiger partial charge in [0.05, 0.1) is 30.8 Å². The molecule has 0 radical (unpaired) electrons. The molecule has 1 N–H and O–H groups in total. The molecule has 3 aliphatic heterocycles. The number of likely N-dealkylation sites (tertiary alicyclic amines) is 1. The first-order chi connectivity index (χ1) is 19.2. The fraction of sp³-hybridized carbons (Fsp3) is 0.469. The first-order valence-electron chi connectivity index (χ1n) is 14.0. The number of amides is 2. The van der Waals surface area contributed by atoms with Gasteiger partial charge in [-0.3, -0.25) is 14.4 Å². The van der Waals surface area contributed by atoms with Gasteiger partial charge >= 0.3 is 5.97 Å². The summed E-state index contributed by atoms with van der Waals surface area (Å²) in [5.41, 5.74) is -1.45. The predicted octanol–water partition coefficient (Wildman–Crippen LogP) is 4.01. The van der Waals surface area contributed by atoms with Gasteiger partial charge in [0.2, 0.25) is 5.91 Å². The van der Waals surface area contributed by atoms with Gasteiger partial charge in [0.15, 0.2) is 0 Å². The minimum absolute atomic E-state index is 0.218. The van der Waals surface area contributed by atoms with Crippen LogP contribution in [0.5, 0.6) is 0 Å². The maximum absolute atomic E-state index is 14.6. The average molecular weight is 547 g/mol. The highest BCUT2D eigenvalue weighted by Crippen LogP contribution is 2.63. The Balaban J connectivity index is 1.55. The summed E-state index contributed by atoms with van der Waals surface area (Å²) in [6.45, 7) is 11.2. The third kappa shape index (κ3) is 4.34. The largest absolute Gasteiger partial charge is 0.465 e. The molecule has 0 saturated carbocycles. The number of benzene rings is 2. The third-order valence-corrected chi connectivity index (χ3v) is 8.86. The number of nitrogens with zero attached hydrogens (tertiary/aromatic N) is 2. The summed E-state index contributed by atoms with van der Waals surface area (Å²) >= 11 is 0. The number of fused-ring (bicyclic) bond motifs is 2. The summed E-state index contributed by atoms with van der Waals surface area (Å²) in [7, 11) is 0. The molecule has 0 aliphatic carbocycles. The molecule has 3 aliphatic rings. The number of unbranched alkanes of at least 4 members (excludes halogenated alkanes) is 1. The van der Waals surface area contributed by atoms with Gasteiger partial charge in [-0.25, -0.2) is 0 Å². The van der Waals surface area contributed by atoms with E-state index in [0.717, 1.165) is 10.8 Å². The van der Waals surface area contributed by atoms with E-state index in [4.69, 9.17) is 9.47 Å². The quantitative estimate of drug-likeness (QED) is 0.260. The Morgan fingerprint density at radius 2 is 1.95 bits per heavy atom. The second kappa shape index (κ2) is 10.8. The van der Waals surface area contributed by atoms with Gasteiger partial charge in [0.25, 0.3) is 5.91 Å². The van der Waals surface area contributed by atoms with Crippen LogP contribution in [0.2, 0.25) is 0 Å². The molecule has 3 heterocycles. The molecule has 8 heteroatoms. The topological polar surface area (TPSA) is 96.4 Å². The molecule has 2 bridgehead atoms. The van der Waals surface area contributed by atoms with Crippen molar-refractivity contribution < 1.29 is 29.0 Å². The Morgan fingerprint density at radius 3 is 2.65 bits per heavy atom. The number of carbonyl (C=O) groups excluding carboxylic acids is 3. The number of ether oxygens (including phenoxy) is 2. The Morgan fingerprint density at radius 1 is 1.20 bits per heavy atom. The molecule has 3 saturated heterocycles. The Kier molecular flexibility index (Phi) is 7.59. The van der Waals surface area contributed by atoms with Crippen molar-refractivity contribution in [1.82, 2.24) is 4.90 Å². The van der Waals surface area contributed by atoms with E-state index in [1.165, 1.54) is 4.90 Å². The van der Waals surface area contributed by atoms with E-state index in [1.54, 1.807) is 24.0 Å². The van der Waals surface area contributed by atoms with Crippen molar-refractivity contribution in [3.63, 3.8) is 0 Å². The fourth-order valence-electron chi connectivity index (χ4n) is 7.00. The van der Waals surface area contributed by atoms with Gasteiger partial charge in [0, 0.05) is 12.2 Å². The molecule has 2 unspecified atom stereocenters. The third-order valence-electron chi connectivity index (χ3n) is 8.86. The van der Waals surface area contributed by atoms with Gasteiger partial charge in [-0.05, 0) is 62.4 Å². The lowest BCUT2D eigenvalue weighted by atomic mass is 9.66. The summed E-state index contributed by atoms with van der Waals surface area (Å²) in [6, 6.07) is 12.0. The molecule has 6 atom stereocenters. The van der Waals surface area contributed by atoms with E-state index >= 15 is 0 Å². The van der Waals surface area contributed by atoms with Crippen LogP contribution in [-0.2, 0) is 23.9 Å². The Bertz CT molecular complexity index is 1340. The molecule has 1 spiro atoms. The van der Waals surface area contributed by atoms with E-state index in [2.05, 4.69) is 13.2 Å². The molecular formula is C32H38N2O6. The van der Waals surface area contributed by atoms with Gasteiger partial charge < -0.3 is 24.4 Å². The highest BCUT2D eigenvalue weighted by molar-refractivity contribution is 6.05. The zero-order valence-electron chi connectivity index (χ0n) is 23.3. The second-order valence-corrected chi connectivity index (χ2v) is 11.4. The van der Waals surface area contributed by atoms with E-state index in [0.29, 0.717) is 31.4 Å². The van der Waals surface area contributed by atoms with Gasteiger partial charge in [-0.2, -0.15) is 0 Å². The number of esters is 1. The lowest BCUT2D eigenvalue weighted by molar-refractivity contribution is -0.160. The van der Waals surface area contributed by atoms with E-state index in [-0.39, 0.29) is 31.6 Å². The van der Waals surface area contributed by atoms with E-state index in [9.17, 15) is 19.5 Å². The zero-order valence-corrected chi connectivity index (χ0v) is 23.3. The van der Waals surface area contributed by atoms with Crippen molar-refractivity contribution in [2.75, 3.05) is 24.7 Å². The molecule has 2 amide bonds. The molecule has 3 fully saturated rings. The monoisotopic (exact) mass is 546 g/mol. The Labute approximate surface area is 235 Å². The lowest BCUT2D eigenvalue weighted by Crippen LogP contribution is -2.58. The number of allylic oxidation sites excluding steroid dienone is 1. The van der Waals surface area contributed by atoms with Gasteiger partial charge in [0.1, 0.15) is 17.6 Å². The highest BCUT2D eigenvalue weighted by Gasteiger charge is 2.79. The summed E-state index contributed by atoms with van der Waals surface area (Å²) in [6.07, 6.45) is 5.73. The SMILES string of the molecule is C=CCCCOC(=O)[C@@H]1[C@H]2C(=O)N([C@H](C)CO)C(C(=O)N(CC=C)c3ccc4ccccc4c3)C23CC[C@@]1(C)O3. The van der Waals surface area contributed by atoms with Crippen LogP contribution >= 0.6 is 0 Å². The highest BCUT2D eigenvalue weighted by atomic mass is 16.6. The number of anilines is 1. The number of aliphatic hydroxyl groups is 1. The molecule has 8 nitrogen and oxygen atoms in total. The van der Waals surface area contributed by atoms with Crippen LogP contribution in [0, 0.1) is 11.8 Å². The number of hydrogen-bond donors (Lipinski definition) is 1. The van der Waals surface area contributed by atoms with Crippen LogP contribution in [0.25, 0.3) is 10.8 Å². The predicted molar refractivity (Wildman–Crippen MR) is 153 cm³/mol. The zero-order chi connectivity index (χ0) is 28.7. The van der Waals surface area contributed by atoms with Crippen molar-refractivity contribution in [2.45, 2.75) is 62.8 Å². The minimum atomic E-state index is -1.20. The summed E-state index contributed by atoms with van der Waals surface area (Å²) in [5.74, 6) is -2.86. The van der Waals surface area contributed by atoms with Crippen LogP contribution in [0.1, 0.15) is 39.5 Å². The maximum atomic E-state index is 14.6. The van der Waals surface area contributed by atoms with Crippen molar-refractivity contribution in [1.29, 1.82) is 0 Å². The maximum Gasteiger partial charge on any atom is 0.312 e. The summed E-state index contributed by atoms with van der Waals surface area (Å²) in [4.78, 5) is 45.2. The smallest absolute Gasteiger partial charge is 0.312 e. The number of hydrogen-bond acceptors (Lipinski definition) is 6. The minimum Gasteiger partial charge on any atom is -0.465 e. The van der Waals surface area contributed by atoms with Crippen molar-refractivity contribution >= 4 is 34.2 Å². The first kappa shape index (κ1) is 28.1. The number of carbonyl (C=O) groups is 3. The van der Waals surface area contributed by atoms with E-state index in [1.807, 2.05) is 49.4 Å². The molecule has 2 aromatic carbocycles. The Hall–Kier alpha value is -3.49.